The summed E-state index contributed by atoms with van der Waals surface area (Å²) in [5.74, 6) is 0.833. The summed E-state index contributed by atoms with van der Waals surface area (Å²) < 4.78 is 6.38. The van der Waals surface area contributed by atoms with Gasteiger partial charge in [0, 0.05) is 17.0 Å². The van der Waals surface area contributed by atoms with Crippen LogP contribution in [0.25, 0.3) is 0 Å². The van der Waals surface area contributed by atoms with Crippen molar-refractivity contribution >= 4 is 33.3 Å². The third kappa shape index (κ3) is 4.58. The first-order valence-corrected chi connectivity index (χ1v) is 7.97. The minimum absolute atomic E-state index is 0.0695. The number of hydrogen-bond acceptors (Lipinski definition) is 2. The fourth-order valence-electron chi connectivity index (χ4n) is 1.89. The van der Waals surface area contributed by atoms with E-state index in [0.717, 1.165) is 22.2 Å². The van der Waals surface area contributed by atoms with Crippen LogP contribution in [0.2, 0.25) is 5.02 Å². The molecule has 0 aliphatic carbocycles. The molecule has 2 rings (SSSR count). The lowest BCUT2D eigenvalue weighted by Crippen LogP contribution is -2.04. The van der Waals surface area contributed by atoms with Crippen LogP contribution >= 0.6 is 27.5 Å². The normalized spacial score (nSPS) is 10.4. The Hall–Kier alpha value is -1.32. The molecule has 0 bridgehead atoms. The molecule has 0 fully saturated rings. The number of rotatable bonds is 6. The molecule has 0 saturated heterocycles. The Morgan fingerprint density at radius 3 is 2.52 bits per heavy atom. The average Bonchev–Trinajstić information content (AvgIpc) is 2.48. The Morgan fingerprint density at radius 1 is 1.19 bits per heavy atom. The average molecular weight is 368 g/mol. The van der Waals surface area contributed by atoms with Gasteiger partial charge in [0.15, 0.2) is 5.78 Å². The van der Waals surface area contributed by atoms with Gasteiger partial charge < -0.3 is 4.74 Å². The zero-order valence-electron chi connectivity index (χ0n) is 11.7. The van der Waals surface area contributed by atoms with Gasteiger partial charge in [-0.2, -0.15) is 0 Å². The Morgan fingerprint density at radius 2 is 1.90 bits per heavy atom. The summed E-state index contributed by atoms with van der Waals surface area (Å²) in [4.78, 5) is 12.3. The van der Waals surface area contributed by atoms with E-state index in [1.54, 1.807) is 18.2 Å². The highest BCUT2D eigenvalue weighted by atomic mass is 79.9. The van der Waals surface area contributed by atoms with Gasteiger partial charge in [-0.25, -0.2) is 0 Å². The van der Waals surface area contributed by atoms with Crippen molar-refractivity contribution in [1.82, 2.24) is 0 Å². The van der Waals surface area contributed by atoms with E-state index in [4.69, 9.17) is 16.3 Å². The van der Waals surface area contributed by atoms with Crippen LogP contribution in [0.1, 0.15) is 29.3 Å². The van der Waals surface area contributed by atoms with Crippen molar-refractivity contribution in [3.05, 3.63) is 63.1 Å². The van der Waals surface area contributed by atoms with Gasteiger partial charge in [-0.3, -0.25) is 4.79 Å². The van der Waals surface area contributed by atoms with E-state index in [2.05, 4.69) is 22.9 Å². The van der Waals surface area contributed by atoms with E-state index in [-0.39, 0.29) is 5.78 Å². The lowest BCUT2D eigenvalue weighted by atomic mass is 10.0. The van der Waals surface area contributed by atoms with E-state index in [1.165, 1.54) is 0 Å². The second kappa shape index (κ2) is 7.62. The maximum atomic E-state index is 12.3. The van der Waals surface area contributed by atoms with Gasteiger partial charge in [0.2, 0.25) is 0 Å². The molecule has 4 heteroatoms. The number of Topliss-reactive ketones (excluding diaryl/α,β-unsaturated/α-hetero) is 1. The van der Waals surface area contributed by atoms with Crippen LogP contribution in [-0.4, -0.2) is 12.4 Å². The lowest BCUT2D eigenvalue weighted by molar-refractivity contribution is 0.0993. The standard InChI is InChI=1S/C17H16BrClO2/c1-2-9-21-17-8-5-13(11-15(17)18)16(20)10-12-3-6-14(19)7-4-12/h3-8,11H,2,9-10H2,1H3. The van der Waals surface area contributed by atoms with E-state index in [9.17, 15) is 4.79 Å². The number of carbonyl (C=O) groups excluding carboxylic acids is 1. The van der Waals surface area contributed by atoms with Crippen LogP contribution in [0.5, 0.6) is 5.75 Å². The van der Waals surface area contributed by atoms with Gasteiger partial charge in [0.25, 0.3) is 0 Å². The van der Waals surface area contributed by atoms with E-state index >= 15 is 0 Å². The fourth-order valence-corrected chi connectivity index (χ4v) is 2.51. The molecule has 0 radical (unpaired) electrons. The summed E-state index contributed by atoms with van der Waals surface area (Å²) in [6.45, 7) is 2.72. The Labute approximate surface area is 138 Å². The summed E-state index contributed by atoms with van der Waals surface area (Å²) in [7, 11) is 0. The molecular formula is C17H16BrClO2. The van der Waals surface area contributed by atoms with Crippen molar-refractivity contribution in [3.8, 4) is 5.75 Å². The van der Waals surface area contributed by atoms with Crippen LogP contribution in [-0.2, 0) is 6.42 Å². The number of ketones is 1. The van der Waals surface area contributed by atoms with Crippen molar-refractivity contribution in [1.29, 1.82) is 0 Å². The molecule has 0 atom stereocenters. The highest BCUT2D eigenvalue weighted by molar-refractivity contribution is 9.10. The van der Waals surface area contributed by atoms with Crippen LogP contribution in [0.4, 0.5) is 0 Å². The number of benzene rings is 2. The summed E-state index contributed by atoms with van der Waals surface area (Å²) in [5.41, 5.74) is 1.62. The smallest absolute Gasteiger partial charge is 0.167 e. The largest absolute Gasteiger partial charge is 0.492 e. The van der Waals surface area contributed by atoms with E-state index in [0.29, 0.717) is 23.6 Å². The SMILES string of the molecule is CCCOc1ccc(C(=O)Cc2ccc(Cl)cc2)cc1Br. The maximum absolute atomic E-state index is 12.3. The number of carbonyl (C=O) groups is 1. The first-order valence-electron chi connectivity index (χ1n) is 6.80. The molecule has 2 aromatic rings. The maximum Gasteiger partial charge on any atom is 0.167 e. The lowest BCUT2D eigenvalue weighted by Gasteiger charge is -2.08. The molecule has 0 spiro atoms. The van der Waals surface area contributed by atoms with Crippen LogP contribution in [0.3, 0.4) is 0 Å². The van der Waals surface area contributed by atoms with Gasteiger partial charge in [-0.1, -0.05) is 30.7 Å². The molecule has 0 saturated carbocycles. The van der Waals surface area contributed by atoms with Crippen molar-refractivity contribution in [2.24, 2.45) is 0 Å². The minimum Gasteiger partial charge on any atom is -0.492 e. The summed E-state index contributed by atoms with van der Waals surface area (Å²) >= 11 is 9.29. The van der Waals surface area contributed by atoms with Gasteiger partial charge in [-0.05, 0) is 58.2 Å². The van der Waals surface area contributed by atoms with Crippen molar-refractivity contribution in [3.63, 3.8) is 0 Å². The molecule has 2 nitrogen and oxygen atoms in total. The van der Waals surface area contributed by atoms with Crippen LogP contribution in [0.15, 0.2) is 46.9 Å². The molecule has 0 heterocycles. The highest BCUT2D eigenvalue weighted by Gasteiger charge is 2.10. The van der Waals surface area contributed by atoms with Gasteiger partial charge in [0.05, 0.1) is 11.1 Å². The van der Waals surface area contributed by atoms with Crippen molar-refractivity contribution < 1.29 is 9.53 Å². The molecule has 0 amide bonds. The Bertz CT molecular complexity index is 623. The molecule has 21 heavy (non-hydrogen) atoms. The predicted molar refractivity (Wildman–Crippen MR) is 89.4 cm³/mol. The molecule has 0 aliphatic heterocycles. The number of halogens is 2. The third-order valence-electron chi connectivity index (χ3n) is 2.99. The molecule has 0 unspecified atom stereocenters. The number of hydrogen-bond donors (Lipinski definition) is 0. The Kier molecular flexibility index (Phi) is 5.83. The highest BCUT2D eigenvalue weighted by Crippen LogP contribution is 2.26. The van der Waals surface area contributed by atoms with Crippen LogP contribution < -0.4 is 4.74 Å². The summed E-state index contributed by atoms with van der Waals surface area (Å²) in [6.07, 6.45) is 1.31. The van der Waals surface area contributed by atoms with Crippen LogP contribution in [0, 0.1) is 0 Å². The zero-order valence-corrected chi connectivity index (χ0v) is 14.1. The second-order valence-electron chi connectivity index (χ2n) is 4.72. The second-order valence-corrected chi connectivity index (χ2v) is 6.01. The van der Waals surface area contributed by atoms with Gasteiger partial charge in [-0.15, -0.1) is 0 Å². The van der Waals surface area contributed by atoms with Crippen molar-refractivity contribution in [2.45, 2.75) is 19.8 Å². The molecule has 0 aliphatic rings. The van der Waals surface area contributed by atoms with Gasteiger partial charge >= 0.3 is 0 Å². The quantitative estimate of drug-likeness (QED) is 0.646. The van der Waals surface area contributed by atoms with Gasteiger partial charge in [0.1, 0.15) is 5.75 Å². The number of ether oxygens (including phenoxy) is 1. The zero-order chi connectivity index (χ0) is 15.2. The molecule has 0 N–H and O–H groups in total. The molecular weight excluding hydrogens is 352 g/mol. The topological polar surface area (TPSA) is 26.3 Å². The van der Waals surface area contributed by atoms with Crippen molar-refractivity contribution in [2.75, 3.05) is 6.61 Å². The Balaban J connectivity index is 2.08. The summed E-state index contributed by atoms with van der Waals surface area (Å²) in [6, 6.07) is 12.8. The molecule has 0 aromatic heterocycles. The third-order valence-corrected chi connectivity index (χ3v) is 3.87. The monoisotopic (exact) mass is 366 g/mol. The first kappa shape index (κ1) is 16.1. The predicted octanol–water partition coefficient (Wildman–Crippen LogP) is 5.32. The molecule has 110 valence electrons. The van der Waals surface area contributed by atoms with E-state index < -0.39 is 0 Å². The first-order chi connectivity index (χ1) is 10.1. The fraction of sp³-hybridized carbons (Fsp3) is 0.235. The molecule has 2 aromatic carbocycles. The van der Waals surface area contributed by atoms with E-state index in [1.807, 2.05) is 24.3 Å². The minimum atomic E-state index is 0.0695. The summed E-state index contributed by atoms with van der Waals surface area (Å²) in [5, 5.41) is 0.673.